The lowest BCUT2D eigenvalue weighted by atomic mass is 10.1. The number of anilines is 1. The summed E-state index contributed by atoms with van der Waals surface area (Å²) in [6, 6.07) is 4.81. The van der Waals surface area contributed by atoms with Crippen LogP contribution in [0.5, 0.6) is 0 Å². The number of nitrogens with zero attached hydrogens (tertiary/aromatic N) is 1. The van der Waals surface area contributed by atoms with Gasteiger partial charge in [-0.3, -0.25) is 4.98 Å². The second kappa shape index (κ2) is 3.65. The number of nitrogens with two attached hydrogens (primary N) is 1. The highest BCUT2D eigenvalue weighted by Crippen LogP contribution is 2.24. The molecule has 4 heteroatoms. The van der Waals surface area contributed by atoms with E-state index in [-0.39, 0.29) is 5.56 Å². The van der Waals surface area contributed by atoms with E-state index in [4.69, 9.17) is 5.73 Å². The van der Waals surface area contributed by atoms with Crippen molar-refractivity contribution in [3.63, 3.8) is 0 Å². The molecule has 1 aromatic carbocycles. The predicted molar refractivity (Wildman–Crippen MR) is 54.0 cm³/mol. The van der Waals surface area contributed by atoms with Crippen molar-refractivity contribution in [2.75, 3.05) is 5.73 Å². The van der Waals surface area contributed by atoms with E-state index in [0.717, 1.165) is 18.2 Å². The van der Waals surface area contributed by atoms with Gasteiger partial charge in [0.05, 0.1) is 5.69 Å². The molecular formula is C11H8F2N2. The zero-order valence-corrected chi connectivity index (χ0v) is 7.74. The molecule has 2 N–H and O–H groups in total. The third-order valence-corrected chi connectivity index (χ3v) is 2.00. The summed E-state index contributed by atoms with van der Waals surface area (Å²) in [4.78, 5) is 3.82. The van der Waals surface area contributed by atoms with Crippen LogP contribution in [-0.4, -0.2) is 4.98 Å². The standard InChI is InChI=1S/C11H8F2N2/c12-8-1-2-11(13)10(4-8)7-3-9(14)6-15-5-7/h1-6H,14H2. The number of rotatable bonds is 1. The fourth-order valence-corrected chi connectivity index (χ4v) is 1.32. The lowest BCUT2D eigenvalue weighted by Crippen LogP contribution is -1.90. The largest absolute Gasteiger partial charge is 0.397 e. The van der Waals surface area contributed by atoms with Gasteiger partial charge in [-0.25, -0.2) is 8.78 Å². The third kappa shape index (κ3) is 1.93. The smallest absolute Gasteiger partial charge is 0.131 e. The molecule has 0 aliphatic carbocycles. The second-order valence-electron chi connectivity index (χ2n) is 3.13. The molecule has 2 aromatic rings. The fraction of sp³-hybridized carbons (Fsp3) is 0. The van der Waals surface area contributed by atoms with Gasteiger partial charge in [0.2, 0.25) is 0 Å². The molecule has 0 aliphatic rings. The van der Waals surface area contributed by atoms with E-state index in [1.54, 1.807) is 6.07 Å². The Morgan fingerprint density at radius 3 is 2.60 bits per heavy atom. The number of pyridine rings is 1. The quantitative estimate of drug-likeness (QED) is 0.778. The Hall–Kier alpha value is -1.97. The molecular weight excluding hydrogens is 198 g/mol. The molecule has 2 rings (SSSR count). The van der Waals surface area contributed by atoms with E-state index in [1.807, 2.05) is 0 Å². The minimum atomic E-state index is -0.496. The highest BCUT2D eigenvalue weighted by atomic mass is 19.1. The maximum absolute atomic E-state index is 13.4. The molecule has 0 spiro atoms. The molecule has 76 valence electrons. The first kappa shape index (κ1) is 9.58. The molecule has 0 atom stereocenters. The number of halogens is 2. The number of hydrogen-bond acceptors (Lipinski definition) is 2. The average molecular weight is 206 g/mol. The Morgan fingerprint density at radius 2 is 1.87 bits per heavy atom. The van der Waals surface area contributed by atoms with Gasteiger partial charge in [0, 0.05) is 23.5 Å². The second-order valence-corrected chi connectivity index (χ2v) is 3.13. The van der Waals surface area contributed by atoms with Crippen LogP contribution in [0.4, 0.5) is 14.5 Å². The summed E-state index contributed by atoms with van der Waals surface area (Å²) in [7, 11) is 0. The van der Waals surface area contributed by atoms with Gasteiger partial charge in [-0.15, -0.1) is 0 Å². The summed E-state index contributed by atoms with van der Waals surface area (Å²) in [5.74, 6) is -0.988. The Bertz CT molecular complexity index is 498. The van der Waals surface area contributed by atoms with E-state index in [9.17, 15) is 8.78 Å². The average Bonchev–Trinajstić information content (AvgIpc) is 2.22. The summed E-state index contributed by atoms with van der Waals surface area (Å²) in [6.07, 6.45) is 2.88. The van der Waals surface area contributed by atoms with Gasteiger partial charge >= 0.3 is 0 Å². The topological polar surface area (TPSA) is 38.9 Å². The van der Waals surface area contributed by atoms with Crippen LogP contribution >= 0.6 is 0 Å². The van der Waals surface area contributed by atoms with Crippen molar-refractivity contribution in [1.29, 1.82) is 0 Å². The lowest BCUT2D eigenvalue weighted by Gasteiger charge is -2.03. The van der Waals surface area contributed by atoms with Crippen molar-refractivity contribution in [2.24, 2.45) is 0 Å². The Morgan fingerprint density at radius 1 is 1.07 bits per heavy atom. The minimum Gasteiger partial charge on any atom is -0.397 e. The monoisotopic (exact) mass is 206 g/mol. The summed E-state index contributed by atoms with van der Waals surface area (Å²) in [6.45, 7) is 0. The Labute approximate surface area is 85.4 Å². The predicted octanol–water partition coefficient (Wildman–Crippen LogP) is 2.61. The van der Waals surface area contributed by atoms with Crippen molar-refractivity contribution in [3.8, 4) is 11.1 Å². The van der Waals surface area contributed by atoms with Crippen molar-refractivity contribution in [2.45, 2.75) is 0 Å². The molecule has 0 aliphatic heterocycles. The summed E-state index contributed by atoms with van der Waals surface area (Å²) < 4.78 is 26.3. The normalized spacial score (nSPS) is 10.3. The Kier molecular flexibility index (Phi) is 2.33. The molecule has 1 heterocycles. The summed E-state index contributed by atoms with van der Waals surface area (Å²) >= 11 is 0. The van der Waals surface area contributed by atoms with Crippen LogP contribution in [0.1, 0.15) is 0 Å². The highest BCUT2D eigenvalue weighted by Gasteiger charge is 2.06. The highest BCUT2D eigenvalue weighted by molar-refractivity contribution is 5.66. The van der Waals surface area contributed by atoms with Crippen molar-refractivity contribution >= 4 is 5.69 Å². The number of hydrogen-bond donors (Lipinski definition) is 1. The lowest BCUT2D eigenvalue weighted by molar-refractivity contribution is 0.603. The molecule has 0 radical (unpaired) electrons. The fourth-order valence-electron chi connectivity index (χ4n) is 1.32. The van der Waals surface area contributed by atoms with Crippen LogP contribution in [0, 0.1) is 11.6 Å². The zero-order valence-electron chi connectivity index (χ0n) is 7.74. The number of aromatic nitrogens is 1. The molecule has 1 aromatic heterocycles. The van der Waals surface area contributed by atoms with Gasteiger partial charge in [-0.1, -0.05) is 0 Å². The zero-order chi connectivity index (χ0) is 10.8. The van der Waals surface area contributed by atoms with Crippen LogP contribution in [0.25, 0.3) is 11.1 Å². The van der Waals surface area contributed by atoms with E-state index in [1.165, 1.54) is 12.4 Å². The first-order valence-corrected chi connectivity index (χ1v) is 4.33. The van der Waals surface area contributed by atoms with E-state index < -0.39 is 11.6 Å². The molecule has 0 fully saturated rings. The first-order chi connectivity index (χ1) is 7.16. The van der Waals surface area contributed by atoms with Crippen molar-refractivity contribution in [3.05, 3.63) is 48.3 Å². The minimum absolute atomic E-state index is 0.162. The number of benzene rings is 1. The van der Waals surface area contributed by atoms with E-state index in [2.05, 4.69) is 4.98 Å². The van der Waals surface area contributed by atoms with Gasteiger partial charge in [0.15, 0.2) is 0 Å². The molecule has 0 amide bonds. The van der Waals surface area contributed by atoms with Gasteiger partial charge in [0.1, 0.15) is 11.6 Å². The van der Waals surface area contributed by atoms with Crippen LogP contribution in [0.2, 0.25) is 0 Å². The molecule has 15 heavy (non-hydrogen) atoms. The van der Waals surface area contributed by atoms with E-state index >= 15 is 0 Å². The molecule has 0 bridgehead atoms. The molecule has 2 nitrogen and oxygen atoms in total. The Balaban J connectivity index is 2.58. The first-order valence-electron chi connectivity index (χ1n) is 4.33. The van der Waals surface area contributed by atoms with Crippen LogP contribution in [0.3, 0.4) is 0 Å². The maximum atomic E-state index is 13.4. The SMILES string of the molecule is Nc1cncc(-c2cc(F)ccc2F)c1. The van der Waals surface area contributed by atoms with Gasteiger partial charge in [-0.05, 0) is 24.3 Å². The van der Waals surface area contributed by atoms with Crippen molar-refractivity contribution < 1.29 is 8.78 Å². The van der Waals surface area contributed by atoms with Gasteiger partial charge in [0.25, 0.3) is 0 Å². The van der Waals surface area contributed by atoms with Gasteiger partial charge < -0.3 is 5.73 Å². The van der Waals surface area contributed by atoms with Crippen LogP contribution < -0.4 is 5.73 Å². The van der Waals surface area contributed by atoms with Crippen LogP contribution in [0.15, 0.2) is 36.7 Å². The van der Waals surface area contributed by atoms with E-state index in [0.29, 0.717) is 11.3 Å². The molecule has 0 saturated heterocycles. The maximum Gasteiger partial charge on any atom is 0.131 e. The summed E-state index contributed by atoms with van der Waals surface area (Å²) in [5, 5.41) is 0. The third-order valence-electron chi connectivity index (χ3n) is 2.00. The summed E-state index contributed by atoms with van der Waals surface area (Å²) in [5.41, 5.74) is 6.55. The van der Waals surface area contributed by atoms with Crippen molar-refractivity contribution in [1.82, 2.24) is 4.98 Å². The molecule has 0 saturated carbocycles. The van der Waals surface area contributed by atoms with Gasteiger partial charge in [-0.2, -0.15) is 0 Å². The molecule has 0 unspecified atom stereocenters. The number of nitrogen functional groups attached to an aromatic ring is 1. The van der Waals surface area contributed by atoms with Crippen LogP contribution in [-0.2, 0) is 0 Å².